The van der Waals surface area contributed by atoms with Crippen LogP contribution in [0.1, 0.15) is 20.8 Å². The van der Waals surface area contributed by atoms with Crippen molar-refractivity contribution < 1.29 is 0 Å². The summed E-state index contributed by atoms with van der Waals surface area (Å²) in [7, 11) is 0. The van der Waals surface area contributed by atoms with E-state index in [0.29, 0.717) is 0 Å². The zero-order chi connectivity index (χ0) is 7.11. The lowest BCUT2D eigenvalue weighted by Crippen LogP contribution is -1.78. The molecule has 1 aliphatic rings. The van der Waals surface area contributed by atoms with Crippen LogP contribution in [0.3, 0.4) is 0 Å². The molecule has 9 heavy (non-hydrogen) atoms. The highest BCUT2D eigenvalue weighted by Gasteiger charge is 1.85. The molecule has 0 unspecified atom stereocenters. The second-order valence-electron chi connectivity index (χ2n) is 1.18. The van der Waals surface area contributed by atoms with Crippen molar-refractivity contribution in [3.05, 3.63) is 17.3 Å². The Bertz CT molecular complexity index is 152. The summed E-state index contributed by atoms with van der Waals surface area (Å²) in [6.45, 7) is 5.97. The summed E-state index contributed by atoms with van der Waals surface area (Å²) in [5.74, 6) is 0. The van der Waals surface area contributed by atoms with Crippen molar-refractivity contribution in [2.45, 2.75) is 20.8 Å². The second kappa shape index (κ2) is 5.67. The monoisotopic (exact) mass is 141 g/mol. The molecule has 1 rings (SSSR count). The summed E-state index contributed by atoms with van der Waals surface area (Å²) in [5.41, 5.74) is 2.84. The molecule has 0 N–H and O–H groups in total. The Balaban J connectivity index is 0.000000291. The Hall–Kier alpha value is -0.460. The van der Waals surface area contributed by atoms with Crippen LogP contribution in [0.15, 0.2) is 22.3 Å². The Labute approximate surface area is 60.6 Å². The lowest BCUT2D eigenvalue weighted by molar-refractivity contribution is 1.50. The maximum Gasteiger partial charge on any atom is 0.0755 e. The van der Waals surface area contributed by atoms with Gasteiger partial charge in [0.2, 0.25) is 0 Å². The zero-order valence-electron chi connectivity index (χ0n) is 6.01. The number of aliphatic imine (C=N–C) groups is 1. The molecule has 0 saturated heterocycles. The van der Waals surface area contributed by atoms with Gasteiger partial charge in [-0.3, -0.25) is 0 Å². The third kappa shape index (κ3) is 4.07. The molecule has 0 aliphatic carbocycles. The third-order valence-corrected chi connectivity index (χ3v) is 1.32. The molecule has 0 aromatic rings. The molecule has 0 aromatic carbocycles. The van der Waals surface area contributed by atoms with E-state index in [0.717, 1.165) is 5.04 Å². The molecule has 1 nitrogen and oxygen atoms in total. The molecule has 0 atom stereocenters. The van der Waals surface area contributed by atoms with Gasteiger partial charge in [-0.15, -0.1) is 0 Å². The predicted octanol–water partition coefficient (Wildman–Crippen LogP) is 2.80. The highest BCUT2D eigenvalue weighted by molar-refractivity contribution is 8.16. The minimum absolute atomic E-state index is 1.08. The molecule has 0 fully saturated rings. The van der Waals surface area contributed by atoms with Crippen LogP contribution in [-0.4, -0.2) is 5.04 Å². The molecule has 1 heterocycles. The average molecular weight is 141 g/mol. The second-order valence-corrected chi connectivity index (χ2v) is 2.24. The van der Waals surface area contributed by atoms with Gasteiger partial charge in [-0.05, 0) is 6.92 Å². The minimum Gasteiger partial charge on any atom is -0.246 e. The van der Waals surface area contributed by atoms with Crippen molar-refractivity contribution in [3.63, 3.8) is 0 Å². The molecule has 0 aromatic heterocycles. The maximum absolute atomic E-state index is 3.94. The van der Waals surface area contributed by atoms with Gasteiger partial charge in [0.1, 0.15) is 0 Å². The van der Waals surface area contributed by atoms with Gasteiger partial charge < -0.3 is 0 Å². The van der Waals surface area contributed by atoms with Crippen molar-refractivity contribution >= 4 is 16.8 Å². The first kappa shape index (κ1) is 8.54. The van der Waals surface area contributed by atoms with Crippen LogP contribution in [0, 0.1) is 0 Å². The molecular weight excluding hydrogens is 130 g/mol. The first-order chi connectivity index (χ1) is 4.39. The number of rotatable bonds is 0. The minimum atomic E-state index is 1.08. The van der Waals surface area contributed by atoms with Crippen LogP contribution < -0.4 is 0 Å². The predicted molar refractivity (Wildman–Crippen MR) is 44.7 cm³/mol. The fourth-order valence-corrected chi connectivity index (χ4v) is 0.721. The quantitative estimate of drug-likeness (QED) is 0.472. The van der Waals surface area contributed by atoms with Crippen molar-refractivity contribution in [2.24, 2.45) is 4.99 Å². The highest BCUT2D eigenvalue weighted by atomic mass is 32.2. The van der Waals surface area contributed by atoms with E-state index in [1.807, 2.05) is 26.2 Å². The van der Waals surface area contributed by atoms with Crippen LogP contribution in [0.2, 0.25) is 0 Å². The van der Waals surface area contributed by atoms with Crippen LogP contribution in [-0.2, 0) is 0 Å². The van der Waals surface area contributed by atoms with Crippen LogP contribution >= 0.6 is 11.8 Å². The summed E-state index contributed by atoms with van der Waals surface area (Å²) in [5, 5.41) is 2.97. The van der Waals surface area contributed by atoms with Crippen LogP contribution in [0.5, 0.6) is 0 Å². The normalized spacial score (nSPS) is 13.9. The van der Waals surface area contributed by atoms with Gasteiger partial charge in [0, 0.05) is 5.41 Å². The standard InChI is InChI=1S/C5H5NS.C2H6/c1-5-6-3-2-4-7-5;1-2/h3-4H,1H3;1-2H3. The smallest absolute Gasteiger partial charge is 0.0755 e. The fraction of sp³-hybridized carbons (Fsp3) is 0.429. The van der Waals surface area contributed by atoms with Crippen molar-refractivity contribution in [3.8, 4) is 0 Å². The first-order valence-corrected chi connectivity index (χ1v) is 3.88. The van der Waals surface area contributed by atoms with E-state index in [1.54, 1.807) is 18.0 Å². The molecule has 50 valence electrons. The van der Waals surface area contributed by atoms with Gasteiger partial charge in [0.25, 0.3) is 0 Å². The van der Waals surface area contributed by atoms with Gasteiger partial charge in [-0.2, -0.15) is 0 Å². The highest BCUT2D eigenvalue weighted by Crippen LogP contribution is 2.07. The Morgan fingerprint density at radius 2 is 2.22 bits per heavy atom. The Morgan fingerprint density at radius 3 is 2.44 bits per heavy atom. The van der Waals surface area contributed by atoms with Crippen LogP contribution in [0.4, 0.5) is 0 Å². The largest absolute Gasteiger partial charge is 0.246 e. The average Bonchev–Trinajstić information content (AvgIpc) is 1.94. The van der Waals surface area contributed by atoms with Crippen molar-refractivity contribution in [1.82, 2.24) is 0 Å². The van der Waals surface area contributed by atoms with E-state index in [9.17, 15) is 0 Å². The summed E-state index contributed by atoms with van der Waals surface area (Å²) in [6.07, 6.45) is 1.67. The zero-order valence-corrected chi connectivity index (χ0v) is 6.83. The van der Waals surface area contributed by atoms with Gasteiger partial charge in [0.05, 0.1) is 11.2 Å². The summed E-state index contributed by atoms with van der Waals surface area (Å²) in [4.78, 5) is 3.94. The summed E-state index contributed by atoms with van der Waals surface area (Å²) in [6, 6.07) is 0. The van der Waals surface area contributed by atoms with Gasteiger partial charge in [-0.25, -0.2) is 4.99 Å². The summed E-state index contributed by atoms with van der Waals surface area (Å²) < 4.78 is 0. The van der Waals surface area contributed by atoms with E-state index in [4.69, 9.17) is 0 Å². The lowest BCUT2D eigenvalue weighted by Gasteiger charge is -1.90. The van der Waals surface area contributed by atoms with E-state index in [2.05, 4.69) is 10.7 Å². The third-order valence-electron chi connectivity index (χ3n) is 0.618. The van der Waals surface area contributed by atoms with E-state index in [1.165, 1.54) is 0 Å². The number of hydrogen-bond acceptors (Lipinski definition) is 2. The SMILES string of the molecule is CC.CC1=NC=C=CS1. The molecule has 0 saturated carbocycles. The number of nitrogens with zero attached hydrogens (tertiary/aromatic N) is 1. The topological polar surface area (TPSA) is 12.4 Å². The van der Waals surface area contributed by atoms with Gasteiger partial charge in [0.15, 0.2) is 0 Å². The molecule has 2 heteroatoms. The van der Waals surface area contributed by atoms with Gasteiger partial charge in [-0.1, -0.05) is 31.3 Å². The maximum atomic E-state index is 3.94. The van der Waals surface area contributed by atoms with Crippen molar-refractivity contribution in [1.29, 1.82) is 0 Å². The lowest BCUT2D eigenvalue weighted by atomic mass is 10.8. The Morgan fingerprint density at radius 1 is 1.56 bits per heavy atom. The molecule has 0 bridgehead atoms. The molecule has 0 amide bonds. The van der Waals surface area contributed by atoms with Crippen molar-refractivity contribution in [2.75, 3.05) is 0 Å². The van der Waals surface area contributed by atoms with Crippen LogP contribution in [0.25, 0.3) is 0 Å². The molecule has 0 radical (unpaired) electrons. The molecule has 1 aliphatic heterocycles. The van der Waals surface area contributed by atoms with Gasteiger partial charge >= 0.3 is 0 Å². The number of hydrogen-bond donors (Lipinski definition) is 0. The van der Waals surface area contributed by atoms with E-state index in [-0.39, 0.29) is 0 Å². The van der Waals surface area contributed by atoms with E-state index >= 15 is 0 Å². The first-order valence-electron chi connectivity index (χ1n) is 3.00. The molecular formula is C7H11NS. The Kier molecular flexibility index (Phi) is 5.38. The van der Waals surface area contributed by atoms with E-state index < -0.39 is 0 Å². The molecule has 0 spiro atoms. The fourth-order valence-electron chi connectivity index (χ4n) is 0.308. The summed E-state index contributed by atoms with van der Waals surface area (Å²) >= 11 is 1.60. The number of thioether (sulfide) groups is 1.